The Labute approximate surface area is 198 Å². The third kappa shape index (κ3) is 5.05. The van der Waals surface area contributed by atoms with E-state index >= 15 is 0 Å². The minimum Gasteiger partial charge on any atom is -0.379 e. The van der Waals surface area contributed by atoms with E-state index in [1.807, 2.05) is 0 Å². The van der Waals surface area contributed by atoms with Crippen molar-refractivity contribution in [2.24, 2.45) is 0 Å². The number of piperidine rings is 1. The molecule has 2 aromatic carbocycles. The quantitative estimate of drug-likeness (QED) is 0.667. The molecule has 0 unspecified atom stereocenters. The molecular formula is C22H25Cl2N3O4S. The van der Waals surface area contributed by atoms with Gasteiger partial charge in [0.05, 0.1) is 40.1 Å². The summed E-state index contributed by atoms with van der Waals surface area (Å²) in [6.45, 7) is 3.02. The topological polar surface area (TPSA) is 79.0 Å². The third-order valence-corrected chi connectivity index (χ3v) is 8.15. The fraction of sp³-hybridized carbons (Fsp3) is 0.409. The van der Waals surface area contributed by atoms with Gasteiger partial charge in [-0.25, -0.2) is 8.42 Å². The molecule has 1 N–H and O–H groups in total. The number of nitrogens with zero attached hydrogens (tertiary/aromatic N) is 2. The van der Waals surface area contributed by atoms with Gasteiger partial charge in [0.15, 0.2) is 0 Å². The van der Waals surface area contributed by atoms with E-state index < -0.39 is 15.9 Å². The molecule has 0 bridgehead atoms. The van der Waals surface area contributed by atoms with Crippen molar-refractivity contribution in [3.05, 3.63) is 52.0 Å². The normalized spacial score (nSPS) is 17.9. The molecule has 0 atom stereocenters. The third-order valence-electron chi connectivity index (χ3n) is 5.69. The van der Waals surface area contributed by atoms with Crippen molar-refractivity contribution in [3.8, 4) is 0 Å². The van der Waals surface area contributed by atoms with Crippen LogP contribution in [0.15, 0.2) is 41.3 Å². The summed E-state index contributed by atoms with van der Waals surface area (Å²) in [5, 5.41) is 3.53. The molecule has 2 aromatic rings. The smallest absolute Gasteiger partial charge is 0.257 e. The molecule has 0 saturated carbocycles. The van der Waals surface area contributed by atoms with Gasteiger partial charge in [0, 0.05) is 31.2 Å². The van der Waals surface area contributed by atoms with E-state index in [1.165, 1.54) is 16.4 Å². The van der Waals surface area contributed by atoms with Crippen LogP contribution in [0.1, 0.15) is 29.6 Å². The Bertz CT molecular complexity index is 1100. The summed E-state index contributed by atoms with van der Waals surface area (Å²) in [7, 11) is -3.71. The van der Waals surface area contributed by atoms with Crippen molar-refractivity contribution in [3.63, 3.8) is 0 Å². The maximum Gasteiger partial charge on any atom is 0.257 e. The predicted octanol–water partition coefficient (Wildman–Crippen LogP) is 4.26. The van der Waals surface area contributed by atoms with Gasteiger partial charge in [-0.3, -0.25) is 4.79 Å². The number of halogens is 2. The first-order valence-electron chi connectivity index (χ1n) is 10.6. The summed E-state index contributed by atoms with van der Waals surface area (Å²) in [5.41, 5.74) is 1.45. The zero-order valence-electron chi connectivity index (χ0n) is 17.5. The first-order chi connectivity index (χ1) is 15.4. The van der Waals surface area contributed by atoms with Gasteiger partial charge in [-0.05, 0) is 55.7 Å². The van der Waals surface area contributed by atoms with Crippen LogP contribution in [0.25, 0.3) is 0 Å². The van der Waals surface area contributed by atoms with E-state index in [1.54, 1.807) is 24.3 Å². The first-order valence-corrected chi connectivity index (χ1v) is 12.8. The highest BCUT2D eigenvalue weighted by Crippen LogP contribution is 2.33. The highest BCUT2D eigenvalue weighted by molar-refractivity contribution is 7.89. The zero-order valence-corrected chi connectivity index (χ0v) is 19.8. The van der Waals surface area contributed by atoms with Gasteiger partial charge in [0.1, 0.15) is 0 Å². The molecule has 172 valence electrons. The lowest BCUT2D eigenvalue weighted by atomic mass is 10.1. The van der Waals surface area contributed by atoms with Crippen molar-refractivity contribution in [2.75, 3.05) is 49.6 Å². The molecule has 1 amide bonds. The Morgan fingerprint density at radius 1 is 0.938 bits per heavy atom. The van der Waals surface area contributed by atoms with Crippen LogP contribution >= 0.6 is 23.2 Å². The Kier molecular flexibility index (Phi) is 7.27. The summed E-state index contributed by atoms with van der Waals surface area (Å²) >= 11 is 12.3. The second-order valence-corrected chi connectivity index (χ2v) is 10.6. The van der Waals surface area contributed by atoms with Crippen molar-refractivity contribution < 1.29 is 17.9 Å². The van der Waals surface area contributed by atoms with E-state index in [0.29, 0.717) is 37.0 Å². The van der Waals surface area contributed by atoms with Gasteiger partial charge in [-0.2, -0.15) is 4.31 Å². The molecule has 10 heteroatoms. The van der Waals surface area contributed by atoms with Crippen LogP contribution in [-0.4, -0.2) is 58.0 Å². The Morgan fingerprint density at radius 2 is 1.66 bits per heavy atom. The maximum atomic E-state index is 13.2. The second-order valence-electron chi connectivity index (χ2n) is 7.82. The van der Waals surface area contributed by atoms with Crippen LogP contribution in [0, 0.1) is 0 Å². The number of ether oxygens (including phenoxy) is 1. The standard InChI is InChI=1S/C22H25Cl2N3O4S/c23-16-4-6-19(24)18(14-16)22(28)25-20-15-17(32(29,30)27-10-12-31-13-11-27)5-7-21(20)26-8-2-1-3-9-26/h4-7,14-15H,1-3,8-13H2,(H,25,28). The Hall–Kier alpha value is -1.84. The number of hydrogen-bond acceptors (Lipinski definition) is 5. The lowest BCUT2D eigenvalue weighted by molar-refractivity contribution is 0.0730. The summed E-state index contributed by atoms with van der Waals surface area (Å²) < 4.78 is 33.1. The van der Waals surface area contributed by atoms with Crippen LogP contribution in [0.5, 0.6) is 0 Å². The molecule has 0 radical (unpaired) electrons. The molecule has 0 spiro atoms. The average Bonchev–Trinajstić information content (AvgIpc) is 2.81. The molecule has 0 aliphatic carbocycles. The minimum atomic E-state index is -3.71. The van der Waals surface area contributed by atoms with Gasteiger partial charge >= 0.3 is 0 Å². The Morgan fingerprint density at radius 3 is 2.38 bits per heavy atom. The number of morpholine rings is 1. The van der Waals surface area contributed by atoms with Gasteiger partial charge in [0.25, 0.3) is 5.91 Å². The minimum absolute atomic E-state index is 0.132. The summed E-state index contributed by atoms with van der Waals surface area (Å²) in [6.07, 6.45) is 3.24. The van der Waals surface area contributed by atoms with Gasteiger partial charge in [0.2, 0.25) is 10.0 Å². The fourth-order valence-electron chi connectivity index (χ4n) is 3.98. The average molecular weight is 498 g/mol. The Balaban J connectivity index is 1.70. The monoisotopic (exact) mass is 497 g/mol. The molecule has 0 aromatic heterocycles. The first kappa shape index (κ1) is 23.3. The maximum absolute atomic E-state index is 13.2. The van der Waals surface area contributed by atoms with Crippen LogP contribution in [0.2, 0.25) is 10.0 Å². The summed E-state index contributed by atoms with van der Waals surface area (Å²) in [6, 6.07) is 9.57. The number of rotatable bonds is 5. The molecular weight excluding hydrogens is 473 g/mol. The zero-order chi connectivity index (χ0) is 22.7. The lowest BCUT2D eigenvalue weighted by Gasteiger charge is -2.31. The van der Waals surface area contributed by atoms with Crippen LogP contribution in [0.4, 0.5) is 11.4 Å². The van der Waals surface area contributed by atoms with E-state index in [9.17, 15) is 13.2 Å². The number of benzene rings is 2. The van der Waals surface area contributed by atoms with E-state index in [0.717, 1.165) is 38.0 Å². The van der Waals surface area contributed by atoms with Gasteiger partial charge in [-0.1, -0.05) is 23.2 Å². The second kappa shape index (κ2) is 9.97. The number of amides is 1. The molecule has 2 aliphatic rings. The van der Waals surface area contributed by atoms with Crippen molar-refractivity contribution in [1.29, 1.82) is 0 Å². The largest absolute Gasteiger partial charge is 0.379 e. The number of anilines is 2. The number of carbonyl (C=O) groups is 1. The number of nitrogens with one attached hydrogen (secondary N) is 1. The molecule has 4 rings (SSSR count). The molecule has 32 heavy (non-hydrogen) atoms. The molecule has 2 aliphatic heterocycles. The SMILES string of the molecule is O=C(Nc1cc(S(=O)(=O)N2CCOCC2)ccc1N1CCCCC1)c1cc(Cl)ccc1Cl. The van der Waals surface area contributed by atoms with Crippen molar-refractivity contribution >= 4 is 50.5 Å². The highest BCUT2D eigenvalue weighted by atomic mass is 35.5. The lowest BCUT2D eigenvalue weighted by Crippen LogP contribution is -2.40. The van der Waals surface area contributed by atoms with Gasteiger partial charge in [-0.15, -0.1) is 0 Å². The molecule has 7 nitrogen and oxygen atoms in total. The van der Waals surface area contributed by atoms with E-state index in [2.05, 4.69) is 10.2 Å². The highest BCUT2D eigenvalue weighted by Gasteiger charge is 2.28. The molecule has 2 saturated heterocycles. The summed E-state index contributed by atoms with van der Waals surface area (Å²) in [4.78, 5) is 15.3. The van der Waals surface area contributed by atoms with Crippen LogP contribution in [0.3, 0.4) is 0 Å². The van der Waals surface area contributed by atoms with E-state index in [-0.39, 0.29) is 15.5 Å². The van der Waals surface area contributed by atoms with Crippen molar-refractivity contribution in [2.45, 2.75) is 24.2 Å². The summed E-state index contributed by atoms with van der Waals surface area (Å²) in [5.74, 6) is -0.448. The number of carbonyl (C=O) groups excluding carboxylic acids is 1. The molecule has 2 heterocycles. The van der Waals surface area contributed by atoms with E-state index in [4.69, 9.17) is 27.9 Å². The van der Waals surface area contributed by atoms with Crippen molar-refractivity contribution in [1.82, 2.24) is 4.31 Å². The van der Waals surface area contributed by atoms with Crippen LogP contribution < -0.4 is 10.2 Å². The fourth-order valence-corrected chi connectivity index (χ4v) is 5.79. The predicted molar refractivity (Wildman–Crippen MR) is 126 cm³/mol. The number of sulfonamides is 1. The van der Waals surface area contributed by atoms with Gasteiger partial charge < -0.3 is 15.0 Å². The van der Waals surface area contributed by atoms with Crippen LogP contribution in [-0.2, 0) is 14.8 Å². The molecule has 2 fully saturated rings. The number of hydrogen-bond donors (Lipinski definition) is 1.